The van der Waals surface area contributed by atoms with Crippen LogP contribution in [0.4, 0.5) is 0 Å². The fourth-order valence-corrected chi connectivity index (χ4v) is 2.63. The molecular weight excluding hydrogens is 314 g/mol. The molecule has 0 saturated carbocycles. The zero-order valence-corrected chi connectivity index (χ0v) is 13.6. The van der Waals surface area contributed by atoms with Gasteiger partial charge in [-0.2, -0.15) is 0 Å². The summed E-state index contributed by atoms with van der Waals surface area (Å²) in [7, 11) is 1.31. The van der Waals surface area contributed by atoms with Crippen molar-refractivity contribution in [1.29, 1.82) is 0 Å². The van der Waals surface area contributed by atoms with Crippen LogP contribution in [0.25, 0.3) is 0 Å². The lowest BCUT2D eigenvalue weighted by molar-refractivity contribution is -0.140. The number of carboxylic acid groups (broad SMARTS) is 1. The average molecular weight is 335 g/mol. The number of Topliss-reactive ketones (excluding diaryl/α,β-unsaturated/α-hetero) is 1. The minimum atomic E-state index is -1.14. The summed E-state index contributed by atoms with van der Waals surface area (Å²) in [6, 6.07) is 5.00. The molecule has 1 aliphatic heterocycles. The molecule has 0 aliphatic carbocycles. The van der Waals surface area contributed by atoms with Gasteiger partial charge in [-0.25, -0.2) is 4.79 Å². The van der Waals surface area contributed by atoms with E-state index in [9.17, 15) is 14.4 Å². The molecule has 0 atom stereocenters. The minimum Gasteiger partial charge on any atom is -0.481 e. The number of carbonyl (C=O) groups is 3. The first kappa shape index (κ1) is 18.1. The highest BCUT2D eigenvalue weighted by Crippen LogP contribution is 2.18. The highest BCUT2D eigenvalue weighted by atomic mass is 16.5. The third-order valence-electron chi connectivity index (χ3n) is 3.86. The van der Waals surface area contributed by atoms with Gasteiger partial charge < -0.3 is 14.6 Å². The number of nitrogens with zero attached hydrogens (tertiary/aromatic N) is 1. The number of ketones is 1. The SMILES string of the molecule is COC(=O)c1ccc(CC(=O)CC(=O)O)c(CN2CCOCC2)c1. The molecular formula is C17H21NO6. The molecule has 0 aromatic heterocycles. The van der Waals surface area contributed by atoms with Gasteiger partial charge in [0.2, 0.25) is 0 Å². The maximum absolute atomic E-state index is 11.8. The molecule has 7 nitrogen and oxygen atoms in total. The zero-order valence-electron chi connectivity index (χ0n) is 13.6. The molecule has 0 radical (unpaired) electrons. The number of rotatable bonds is 7. The molecule has 1 saturated heterocycles. The number of benzene rings is 1. The molecule has 24 heavy (non-hydrogen) atoms. The Hall–Kier alpha value is -2.25. The highest BCUT2D eigenvalue weighted by molar-refractivity contribution is 5.96. The predicted molar refractivity (Wildman–Crippen MR) is 84.8 cm³/mol. The van der Waals surface area contributed by atoms with Crippen LogP contribution < -0.4 is 0 Å². The standard InChI is InChI=1S/C17H21NO6/c1-23-17(22)13-3-2-12(9-15(19)10-16(20)21)14(8-13)11-18-4-6-24-7-5-18/h2-3,8H,4-7,9-11H2,1H3,(H,20,21). The molecule has 2 rings (SSSR count). The second-order valence-corrected chi connectivity index (χ2v) is 5.65. The Balaban J connectivity index is 2.21. The highest BCUT2D eigenvalue weighted by Gasteiger charge is 2.17. The van der Waals surface area contributed by atoms with E-state index < -0.39 is 18.4 Å². The van der Waals surface area contributed by atoms with Gasteiger partial charge >= 0.3 is 11.9 Å². The van der Waals surface area contributed by atoms with Gasteiger partial charge in [0.05, 0.1) is 25.9 Å². The Bertz CT molecular complexity index is 622. The molecule has 0 unspecified atom stereocenters. The normalized spacial score (nSPS) is 15.0. The number of ether oxygens (including phenoxy) is 2. The molecule has 1 fully saturated rings. The molecule has 130 valence electrons. The number of hydrogen-bond donors (Lipinski definition) is 1. The van der Waals surface area contributed by atoms with Crippen molar-refractivity contribution < 1.29 is 29.0 Å². The van der Waals surface area contributed by atoms with Gasteiger partial charge in [0, 0.05) is 26.1 Å². The van der Waals surface area contributed by atoms with Gasteiger partial charge in [0.25, 0.3) is 0 Å². The summed E-state index contributed by atoms with van der Waals surface area (Å²) in [6.45, 7) is 3.40. The van der Waals surface area contributed by atoms with E-state index in [0.29, 0.717) is 25.3 Å². The number of carbonyl (C=O) groups excluding carboxylic acids is 2. The van der Waals surface area contributed by atoms with E-state index in [1.807, 2.05) is 0 Å². The van der Waals surface area contributed by atoms with Gasteiger partial charge in [0.1, 0.15) is 12.2 Å². The zero-order chi connectivity index (χ0) is 17.5. The van der Waals surface area contributed by atoms with Crippen LogP contribution in [-0.4, -0.2) is 61.1 Å². The van der Waals surface area contributed by atoms with Crippen LogP contribution in [0, 0.1) is 0 Å². The maximum atomic E-state index is 11.8. The van der Waals surface area contributed by atoms with E-state index in [1.165, 1.54) is 7.11 Å². The number of hydrogen-bond acceptors (Lipinski definition) is 6. The fourth-order valence-electron chi connectivity index (χ4n) is 2.63. The summed E-state index contributed by atoms with van der Waals surface area (Å²) in [5, 5.41) is 8.74. The van der Waals surface area contributed by atoms with E-state index in [4.69, 9.17) is 14.6 Å². The van der Waals surface area contributed by atoms with Crippen molar-refractivity contribution in [3.05, 3.63) is 34.9 Å². The van der Waals surface area contributed by atoms with Crippen LogP contribution in [0.2, 0.25) is 0 Å². The van der Waals surface area contributed by atoms with Gasteiger partial charge in [0.15, 0.2) is 0 Å². The van der Waals surface area contributed by atoms with Crippen molar-refractivity contribution in [2.45, 2.75) is 19.4 Å². The van der Waals surface area contributed by atoms with E-state index in [2.05, 4.69) is 4.90 Å². The summed E-state index contributed by atoms with van der Waals surface area (Å²) in [4.78, 5) is 36.4. The molecule has 1 N–H and O–H groups in total. The largest absolute Gasteiger partial charge is 0.481 e. The smallest absolute Gasteiger partial charge is 0.337 e. The van der Waals surface area contributed by atoms with Gasteiger partial charge in [-0.3, -0.25) is 14.5 Å². The van der Waals surface area contributed by atoms with E-state index in [1.54, 1.807) is 18.2 Å². The third kappa shape index (κ3) is 5.14. The number of methoxy groups -OCH3 is 1. The Labute approximate surface area is 140 Å². The second kappa shape index (κ2) is 8.56. The lowest BCUT2D eigenvalue weighted by Gasteiger charge is -2.27. The molecule has 0 spiro atoms. The number of esters is 1. The third-order valence-corrected chi connectivity index (χ3v) is 3.86. The predicted octanol–water partition coefficient (Wildman–Crippen LogP) is 0.892. The van der Waals surface area contributed by atoms with Gasteiger partial charge in [-0.1, -0.05) is 6.07 Å². The van der Waals surface area contributed by atoms with Crippen LogP contribution in [0.15, 0.2) is 18.2 Å². The van der Waals surface area contributed by atoms with Crippen LogP contribution in [0.3, 0.4) is 0 Å². The van der Waals surface area contributed by atoms with Crippen molar-refractivity contribution in [2.75, 3.05) is 33.4 Å². The molecule has 1 aromatic rings. The van der Waals surface area contributed by atoms with Crippen molar-refractivity contribution in [3.63, 3.8) is 0 Å². The van der Waals surface area contributed by atoms with Crippen LogP contribution in [-0.2, 0) is 32.0 Å². The lowest BCUT2D eigenvalue weighted by atomic mass is 9.98. The monoisotopic (exact) mass is 335 g/mol. The van der Waals surface area contributed by atoms with E-state index >= 15 is 0 Å². The molecule has 1 aliphatic rings. The summed E-state index contributed by atoms with van der Waals surface area (Å²) < 4.78 is 10.1. The fraction of sp³-hybridized carbons (Fsp3) is 0.471. The molecule has 1 aromatic carbocycles. The summed E-state index contributed by atoms with van der Waals surface area (Å²) in [5.41, 5.74) is 1.98. The Morgan fingerprint density at radius 2 is 1.92 bits per heavy atom. The van der Waals surface area contributed by atoms with Crippen LogP contribution in [0.1, 0.15) is 27.9 Å². The first-order valence-electron chi connectivity index (χ1n) is 7.73. The molecule has 7 heteroatoms. The summed E-state index contributed by atoms with van der Waals surface area (Å²) in [5.74, 6) is -1.95. The quantitative estimate of drug-likeness (QED) is 0.584. The van der Waals surface area contributed by atoms with Gasteiger partial charge in [-0.05, 0) is 23.3 Å². The molecule has 0 bridgehead atoms. The summed E-state index contributed by atoms with van der Waals surface area (Å²) in [6.07, 6.45) is -0.469. The molecule has 0 amide bonds. The Kier molecular flexibility index (Phi) is 6.45. The van der Waals surface area contributed by atoms with Crippen molar-refractivity contribution >= 4 is 17.7 Å². The van der Waals surface area contributed by atoms with Crippen LogP contribution in [0.5, 0.6) is 0 Å². The van der Waals surface area contributed by atoms with Crippen LogP contribution >= 0.6 is 0 Å². The van der Waals surface area contributed by atoms with E-state index in [-0.39, 0.29) is 12.2 Å². The first-order valence-corrected chi connectivity index (χ1v) is 7.73. The topological polar surface area (TPSA) is 93.1 Å². The molecule has 1 heterocycles. The van der Waals surface area contributed by atoms with Gasteiger partial charge in [-0.15, -0.1) is 0 Å². The average Bonchev–Trinajstić information content (AvgIpc) is 2.56. The first-order chi connectivity index (χ1) is 11.5. The second-order valence-electron chi connectivity index (χ2n) is 5.65. The Morgan fingerprint density at radius 1 is 1.21 bits per heavy atom. The minimum absolute atomic E-state index is 0.0351. The summed E-state index contributed by atoms with van der Waals surface area (Å²) >= 11 is 0. The van der Waals surface area contributed by atoms with Crippen molar-refractivity contribution in [2.24, 2.45) is 0 Å². The number of morpholine rings is 1. The maximum Gasteiger partial charge on any atom is 0.337 e. The van der Waals surface area contributed by atoms with Crippen molar-refractivity contribution in [1.82, 2.24) is 4.90 Å². The Morgan fingerprint density at radius 3 is 2.54 bits per heavy atom. The number of carboxylic acids is 1. The van der Waals surface area contributed by atoms with Crippen molar-refractivity contribution in [3.8, 4) is 0 Å². The van der Waals surface area contributed by atoms with E-state index in [0.717, 1.165) is 24.2 Å². The number of aliphatic carboxylic acids is 1. The lowest BCUT2D eigenvalue weighted by Crippen LogP contribution is -2.36.